The smallest absolute Gasteiger partial charge is 0.209 e. The topological polar surface area (TPSA) is 38.7 Å². The van der Waals surface area contributed by atoms with Gasteiger partial charge in [-0.1, -0.05) is 11.6 Å². The van der Waals surface area contributed by atoms with Gasteiger partial charge in [0, 0.05) is 18.0 Å². The van der Waals surface area contributed by atoms with Gasteiger partial charge < -0.3 is 0 Å². The fourth-order valence-electron chi connectivity index (χ4n) is 0.864. The van der Waals surface area contributed by atoms with Crippen LogP contribution in [0, 0.1) is 0 Å². The Morgan fingerprint density at radius 1 is 1.46 bits per heavy atom. The number of hydrogen-bond acceptors (Lipinski definition) is 4. The molecule has 13 heavy (non-hydrogen) atoms. The van der Waals surface area contributed by atoms with Crippen molar-refractivity contribution in [2.45, 2.75) is 0 Å². The van der Waals surface area contributed by atoms with Crippen molar-refractivity contribution in [2.75, 3.05) is 0 Å². The predicted molar refractivity (Wildman–Crippen MR) is 55.9 cm³/mol. The highest BCUT2D eigenvalue weighted by molar-refractivity contribution is 9.10. The summed E-state index contributed by atoms with van der Waals surface area (Å²) in [4.78, 5) is 8.04. The second-order valence-corrected chi connectivity index (χ2v) is 4.09. The maximum atomic E-state index is 5.93. The number of aromatic nitrogens is 3. The van der Waals surface area contributed by atoms with Crippen LogP contribution in [0.5, 0.6) is 0 Å². The van der Waals surface area contributed by atoms with Crippen LogP contribution in [0.1, 0.15) is 0 Å². The van der Waals surface area contributed by atoms with Gasteiger partial charge in [-0.25, -0.2) is 4.98 Å². The first kappa shape index (κ1) is 9.05. The largest absolute Gasteiger partial charge is 0.263 e. The van der Waals surface area contributed by atoms with Gasteiger partial charge in [0.05, 0.1) is 5.02 Å². The molecule has 0 bridgehead atoms. The Morgan fingerprint density at radius 2 is 2.31 bits per heavy atom. The number of halogens is 2. The van der Waals surface area contributed by atoms with Crippen molar-refractivity contribution in [1.82, 2.24) is 14.3 Å². The zero-order valence-corrected chi connectivity index (χ0v) is 9.40. The van der Waals surface area contributed by atoms with E-state index in [9.17, 15) is 0 Å². The van der Waals surface area contributed by atoms with Gasteiger partial charge in [0.25, 0.3) is 0 Å². The standard InChI is InChI=1S/C7H3BrClN3S/c8-7-11-6(13-12-7)4-1-2-10-3-5(4)9/h1-3H. The van der Waals surface area contributed by atoms with E-state index >= 15 is 0 Å². The molecule has 2 rings (SSSR count). The van der Waals surface area contributed by atoms with E-state index in [4.69, 9.17) is 11.6 Å². The van der Waals surface area contributed by atoms with Crippen LogP contribution in [0.2, 0.25) is 5.02 Å². The normalized spacial score (nSPS) is 10.3. The molecule has 0 saturated heterocycles. The van der Waals surface area contributed by atoms with Gasteiger partial charge >= 0.3 is 0 Å². The lowest BCUT2D eigenvalue weighted by molar-refractivity contribution is 1.25. The van der Waals surface area contributed by atoms with Gasteiger partial charge in [0.1, 0.15) is 5.01 Å². The fraction of sp³-hybridized carbons (Fsp3) is 0. The number of rotatable bonds is 1. The monoisotopic (exact) mass is 275 g/mol. The summed E-state index contributed by atoms with van der Waals surface area (Å²) in [6.07, 6.45) is 3.27. The predicted octanol–water partition coefficient (Wildman–Crippen LogP) is 3.02. The zero-order chi connectivity index (χ0) is 9.26. The van der Waals surface area contributed by atoms with Crippen LogP contribution in [-0.4, -0.2) is 14.3 Å². The van der Waals surface area contributed by atoms with E-state index in [0.29, 0.717) is 9.76 Å². The van der Waals surface area contributed by atoms with Crippen LogP contribution in [0.15, 0.2) is 23.2 Å². The summed E-state index contributed by atoms with van der Waals surface area (Å²) >= 11 is 10.4. The van der Waals surface area contributed by atoms with Gasteiger partial charge in [-0.2, -0.15) is 4.37 Å². The molecule has 0 amide bonds. The zero-order valence-electron chi connectivity index (χ0n) is 6.24. The summed E-state index contributed by atoms with van der Waals surface area (Å²) in [7, 11) is 0. The lowest BCUT2D eigenvalue weighted by Crippen LogP contribution is -1.79. The number of hydrogen-bond donors (Lipinski definition) is 0. The van der Waals surface area contributed by atoms with Crippen LogP contribution in [0.3, 0.4) is 0 Å². The molecule has 6 heteroatoms. The maximum absolute atomic E-state index is 5.93. The van der Waals surface area contributed by atoms with Gasteiger partial charge in [-0.3, -0.25) is 4.98 Å². The highest BCUT2D eigenvalue weighted by atomic mass is 79.9. The first-order valence-corrected chi connectivity index (χ1v) is 5.31. The Balaban J connectivity index is 2.52. The Morgan fingerprint density at radius 3 is 2.92 bits per heavy atom. The van der Waals surface area contributed by atoms with Crippen LogP contribution in [0.4, 0.5) is 0 Å². The van der Waals surface area contributed by atoms with Crippen molar-refractivity contribution in [3.05, 3.63) is 28.2 Å². The van der Waals surface area contributed by atoms with E-state index in [0.717, 1.165) is 10.6 Å². The van der Waals surface area contributed by atoms with Gasteiger partial charge in [-0.05, 0) is 33.5 Å². The first-order valence-electron chi connectivity index (χ1n) is 3.36. The summed E-state index contributed by atoms with van der Waals surface area (Å²) < 4.78 is 4.59. The van der Waals surface area contributed by atoms with Crippen molar-refractivity contribution in [3.8, 4) is 10.6 Å². The molecular formula is C7H3BrClN3S. The Hall–Kier alpha value is -0.520. The summed E-state index contributed by atoms with van der Waals surface area (Å²) in [5.74, 6) is 0. The molecule has 66 valence electrons. The minimum Gasteiger partial charge on any atom is -0.263 e. The van der Waals surface area contributed by atoms with E-state index in [1.165, 1.54) is 11.5 Å². The highest BCUT2D eigenvalue weighted by Crippen LogP contribution is 2.28. The van der Waals surface area contributed by atoms with E-state index in [-0.39, 0.29) is 0 Å². The summed E-state index contributed by atoms with van der Waals surface area (Å²) in [6, 6.07) is 1.81. The highest BCUT2D eigenvalue weighted by Gasteiger charge is 2.07. The number of nitrogens with zero attached hydrogens (tertiary/aromatic N) is 3. The quantitative estimate of drug-likeness (QED) is 0.803. The second-order valence-electron chi connectivity index (χ2n) is 2.22. The number of pyridine rings is 1. The average Bonchev–Trinajstić information content (AvgIpc) is 2.53. The molecule has 0 fully saturated rings. The maximum Gasteiger partial charge on any atom is 0.209 e. The van der Waals surface area contributed by atoms with Crippen LogP contribution >= 0.6 is 39.1 Å². The Kier molecular flexibility index (Phi) is 2.57. The molecular weight excluding hydrogens is 274 g/mol. The minimum atomic E-state index is 0.584. The first-order chi connectivity index (χ1) is 6.27. The molecule has 0 aliphatic rings. The molecule has 0 atom stereocenters. The van der Waals surface area contributed by atoms with Crippen LogP contribution in [-0.2, 0) is 0 Å². The molecule has 0 spiro atoms. The van der Waals surface area contributed by atoms with Crippen molar-refractivity contribution < 1.29 is 0 Å². The molecule has 0 unspecified atom stereocenters. The van der Waals surface area contributed by atoms with Crippen molar-refractivity contribution in [1.29, 1.82) is 0 Å². The van der Waals surface area contributed by atoms with Crippen molar-refractivity contribution in [2.24, 2.45) is 0 Å². The van der Waals surface area contributed by atoms with Crippen LogP contribution in [0.25, 0.3) is 10.6 Å². The Labute approximate surface area is 92.1 Å². The van der Waals surface area contributed by atoms with Gasteiger partial charge in [0.15, 0.2) is 0 Å². The molecule has 0 aliphatic carbocycles. The molecule has 2 aromatic heterocycles. The third kappa shape index (κ3) is 1.87. The van der Waals surface area contributed by atoms with E-state index in [2.05, 4.69) is 30.3 Å². The average molecular weight is 277 g/mol. The van der Waals surface area contributed by atoms with Gasteiger partial charge in [-0.15, -0.1) is 0 Å². The molecule has 0 aliphatic heterocycles. The fourth-order valence-corrected chi connectivity index (χ4v) is 2.25. The minimum absolute atomic E-state index is 0.584. The Bertz CT molecular complexity index is 431. The molecule has 2 aromatic rings. The molecule has 2 heterocycles. The SMILES string of the molecule is Clc1cnccc1-c1nc(Br)ns1. The summed E-state index contributed by atoms with van der Waals surface area (Å²) in [5, 5.41) is 1.38. The summed E-state index contributed by atoms with van der Waals surface area (Å²) in [5.41, 5.74) is 0.861. The molecule has 3 nitrogen and oxygen atoms in total. The van der Waals surface area contributed by atoms with E-state index in [1.807, 2.05) is 6.07 Å². The van der Waals surface area contributed by atoms with Gasteiger partial charge in [0.2, 0.25) is 4.73 Å². The molecule has 0 N–H and O–H groups in total. The third-order valence-corrected chi connectivity index (χ3v) is 3.04. The van der Waals surface area contributed by atoms with Crippen molar-refractivity contribution in [3.63, 3.8) is 0 Å². The second kappa shape index (κ2) is 3.69. The molecule has 0 saturated carbocycles. The van der Waals surface area contributed by atoms with Crippen LogP contribution < -0.4 is 0 Å². The third-order valence-electron chi connectivity index (χ3n) is 1.40. The summed E-state index contributed by atoms with van der Waals surface area (Å²) in [6.45, 7) is 0. The lowest BCUT2D eigenvalue weighted by atomic mass is 10.3. The van der Waals surface area contributed by atoms with E-state index < -0.39 is 0 Å². The molecule has 0 aromatic carbocycles. The molecule has 0 radical (unpaired) electrons. The van der Waals surface area contributed by atoms with E-state index in [1.54, 1.807) is 12.4 Å². The lowest BCUT2D eigenvalue weighted by Gasteiger charge is -1.95. The van der Waals surface area contributed by atoms with Crippen molar-refractivity contribution >= 4 is 39.1 Å².